The van der Waals surface area contributed by atoms with Crippen molar-refractivity contribution in [3.63, 3.8) is 0 Å². The summed E-state index contributed by atoms with van der Waals surface area (Å²) in [5, 5.41) is 10.6. The van der Waals surface area contributed by atoms with Crippen LogP contribution in [0.25, 0.3) is 10.9 Å². The Labute approximate surface area is 199 Å². The molecule has 0 bridgehead atoms. The maximum atomic E-state index is 12.8. The van der Waals surface area contributed by atoms with Crippen LogP contribution in [-0.4, -0.2) is 49.3 Å². The first-order chi connectivity index (χ1) is 16.6. The highest BCUT2D eigenvalue weighted by Gasteiger charge is 2.15. The topological polar surface area (TPSA) is 97.4 Å². The van der Waals surface area contributed by atoms with E-state index in [1.807, 2.05) is 30.3 Å². The molecule has 1 fully saturated rings. The number of nitrogens with one attached hydrogen (secondary N) is 3. The first kappa shape index (κ1) is 23.7. The molecule has 0 spiro atoms. The minimum atomic E-state index is -0.170. The second-order valence-electron chi connectivity index (χ2n) is 8.25. The van der Waals surface area contributed by atoms with Crippen molar-refractivity contribution in [3.8, 4) is 5.75 Å². The standard InChI is InChI=1S/C26H31N5O3/c1-18(20-6-4-3-5-7-20)30-26-21-15-23(31-25(32)14-19-8-10-27-11-9-19)24(34-13-12-33-2)16-22(21)28-17-29-26/h3-7,14-18,27H,8-13H2,1-2H3,(H,31,32)(H,28,29,30)/t18-/m0/s1. The number of hydrogen-bond donors (Lipinski definition) is 3. The molecule has 1 aromatic heterocycles. The SMILES string of the molecule is COCCOc1cc2ncnc(N[C@@H](C)c3ccccc3)c2cc1NC(=O)C=C1CCNCC1. The lowest BCUT2D eigenvalue weighted by Crippen LogP contribution is -2.24. The lowest BCUT2D eigenvalue weighted by molar-refractivity contribution is -0.112. The van der Waals surface area contributed by atoms with Crippen molar-refractivity contribution in [2.24, 2.45) is 0 Å². The second-order valence-corrected chi connectivity index (χ2v) is 8.25. The molecule has 3 aromatic rings. The van der Waals surface area contributed by atoms with Gasteiger partial charge in [0.25, 0.3) is 0 Å². The predicted molar refractivity (Wildman–Crippen MR) is 134 cm³/mol. The molecule has 2 aromatic carbocycles. The fourth-order valence-electron chi connectivity index (χ4n) is 3.93. The summed E-state index contributed by atoms with van der Waals surface area (Å²) in [5.41, 5.74) is 3.58. The zero-order valence-electron chi connectivity index (χ0n) is 19.6. The Morgan fingerprint density at radius 1 is 1.15 bits per heavy atom. The van der Waals surface area contributed by atoms with E-state index in [2.05, 4.69) is 45.0 Å². The summed E-state index contributed by atoms with van der Waals surface area (Å²) in [5.74, 6) is 1.07. The number of aromatic nitrogens is 2. The average Bonchev–Trinajstić information content (AvgIpc) is 2.86. The maximum absolute atomic E-state index is 12.8. The highest BCUT2D eigenvalue weighted by molar-refractivity contribution is 6.03. The van der Waals surface area contributed by atoms with E-state index in [1.54, 1.807) is 13.2 Å². The summed E-state index contributed by atoms with van der Waals surface area (Å²) in [4.78, 5) is 21.7. The molecule has 1 saturated heterocycles. The van der Waals surface area contributed by atoms with Crippen LogP contribution < -0.4 is 20.7 Å². The first-order valence-electron chi connectivity index (χ1n) is 11.6. The molecule has 1 aliphatic rings. The van der Waals surface area contributed by atoms with E-state index in [0.717, 1.165) is 48.0 Å². The van der Waals surface area contributed by atoms with Gasteiger partial charge in [0, 0.05) is 30.7 Å². The largest absolute Gasteiger partial charge is 0.489 e. The van der Waals surface area contributed by atoms with Crippen LogP contribution in [0.1, 0.15) is 31.4 Å². The predicted octanol–water partition coefficient (Wildman–Crippen LogP) is 4.08. The van der Waals surface area contributed by atoms with E-state index >= 15 is 0 Å². The number of hydrogen-bond acceptors (Lipinski definition) is 7. The van der Waals surface area contributed by atoms with Gasteiger partial charge in [-0.05, 0) is 44.5 Å². The minimum Gasteiger partial charge on any atom is -0.489 e. The van der Waals surface area contributed by atoms with Gasteiger partial charge >= 0.3 is 0 Å². The average molecular weight is 462 g/mol. The first-order valence-corrected chi connectivity index (χ1v) is 11.6. The molecule has 0 unspecified atom stereocenters. The van der Waals surface area contributed by atoms with E-state index in [0.29, 0.717) is 30.5 Å². The van der Waals surface area contributed by atoms with Crippen molar-refractivity contribution >= 4 is 28.3 Å². The van der Waals surface area contributed by atoms with Gasteiger partial charge in [0.2, 0.25) is 5.91 Å². The lowest BCUT2D eigenvalue weighted by Gasteiger charge is -2.18. The molecule has 1 atom stereocenters. The van der Waals surface area contributed by atoms with Gasteiger partial charge in [-0.15, -0.1) is 0 Å². The number of carbonyl (C=O) groups excluding carboxylic acids is 1. The van der Waals surface area contributed by atoms with Crippen molar-refractivity contribution in [1.82, 2.24) is 15.3 Å². The minimum absolute atomic E-state index is 0.0413. The van der Waals surface area contributed by atoms with Crippen LogP contribution in [0.2, 0.25) is 0 Å². The molecule has 34 heavy (non-hydrogen) atoms. The summed E-state index contributed by atoms with van der Waals surface area (Å²) in [6.07, 6.45) is 4.98. The number of methoxy groups -OCH3 is 1. The summed E-state index contributed by atoms with van der Waals surface area (Å²) in [6.45, 7) is 4.67. The molecule has 1 amide bonds. The maximum Gasteiger partial charge on any atom is 0.248 e. The molecule has 4 rings (SSSR count). The van der Waals surface area contributed by atoms with Gasteiger partial charge < -0.3 is 25.4 Å². The molecule has 8 nitrogen and oxygen atoms in total. The van der Waals surface area contributed by atoms with Gasteiger partial charge in [0.1, 0.15) is 24.5 Å². The van der Waals surface area contributed by atoms with E-state index in [9.17, 15) is 4.79 Å². The van der Waals surface area contributed by atoms with Crippen LogP contribution in [0.5, 0.6) is 5.75 Å². The molecular formula is C26H31N5O3. The Balaban J connectivity index is 1.64. The highest BCUT2D eigenvalue weighted by atomic mass is 16.5. The van der Waals surface area contributed by atoms with Crippen LogP contribution in [0.3, 0.4) is 0 Å². The number of carbonyl (C=O) groups is 1. The Bertz CT molecular complexity index is 1140. The monoisotopic (exact) mass is 461 g/mol. The molecule has 8 heteroatoms. The van der Waals surface area contributed by atoms with Crippen LogP contribution in [0, 0.1) is 0 Å². The number of benzene rings is 2. The van der Waals surface area contributed by atoms with Crippen LogP contribution in [0.15, 0.2) is 60.4 Å². The summed E-state index contributed by atoms with van der Waals surface area (Å²) in [6, 6.07) is 13.9. The molecule has 0 saturated carbocycles. The van der Waals surface area contributed by atoms with Crippen molar-refractivity contribution in [2.45, 2.75) is 25.8 Å². The van der Waals surface area contributed by atoms with Crippen LogP contribution in [0.4, 0.5) is 11.5 Å². The Hall–Kier alpha value is -3.49. The Morgan fingerprint density at radius 2 is 1.94 bits per heavy atom. The zero-order chi connectivity index (χ0) is 23.8. The van der Waals surface area contributed by atoms with Gasteiger partial charge in [-0.3, -0.25) is 4.79 Å². The van der Waals surface area contributed by atoms with E-state index in [-0.39, 0.29) is 11.9 Å². The van der Waals surface area contributed by atoms with Gasteiger partial charge in [-0.1, -0.05) is 35.9 Å². The van der Waals surface area contributed by atoms with Crippen LogP contribution >= 0.6 is 0 Å². The van der Waals surface area contributed by atoms with Gasteiger partial charge in [0.05, 0.1) is 17.8 Å². The molecule has 178 valence electrons. The van der Waals surface area contributed by atoms with Gasteiger partial charge in [-0.25, -0.2) is 9.97 Å². The van der Waals surface area contributed by atoms with Crippen molar-refractivity contribution in [2.75, 3.05) is 44.0 Å². The number of piperidine rings is 1. The third-order valence-corrected chi connectivity index (χ3v) is 5.77. The third kappa shape index (κ3) is 6.09. The normalized spacial score (nSPS) is 14.5. The van der Waals surface area contributed by atoms with E-state index in [1.165, 1.54) is 6.33 Å². The smallest absolute Gasteiger partial charge is 0.248 e. The van der Waals surface area contributed by atoms with Crippen molar-refractivity contribution in [1.29, 1.82) is 0 Å². The number of ether oxygens (including phenoxy) is 2. The number of nitrogens with zero attached hydrogens (tertiary/aromatic N) is 2. The second kappa shape index (κ2) is 11.6. The fourth-order valence-corrected chi connectivity index (χ4v) is 3.93. The summed E-state index contributed by atoms with van der Waals surface area (Å²) in [7, 11) is 1.62. The number of anilines is 2. The van der Waals surface area contributed by atoms with Crippen molar-refractivity contribution in [3.05, 3.63) is 66.0 Å². The number of amides is 1. The van der Waals surface area contributed by atoms with Gasteiger partial charge in [-0.2, -0.15) is 0 Å². The molecule has 0 aliphatic carbocycles. The molecule has 3 N–H and O–H groups in total. The lowest BCUT2D eigenvalue weighted by atomic mass is 10.1. The molecule has 1 aliphatic heterocycles. The zero-order valence-corrected chi connectivity index (χ0v) is 19.6. The summed E-state index contributed by atoms with van der Waals surface area (Å²) >= 11 is 0. The van der Waals surface area contributed by atoms with Crippen molar-refractivity contribution < 1.29 is 14.3 Å². The third-order valence-electron chi connectivity index (χ3n) is 5.77. The van der Waals surface area contributed by atoms with E-state index < -0.39 is 0 Å². The fraction of sp³-hybridized carbons (Fsp3) is 0.346. The molecule has 0 radical (unpaired) electrons. The number of fused-ring (bicyclic) bond motifs is 1. The quantitative estimate of drug-likeness (QED) is 0.326. The molecule has 2 heterocycles. The van der Waals surface area contributed by atoms with Crippen LogP contribution in [-0.2, 0) is 9.53 Å². The van der Waals surface area contributed by atoms with Gasteiger partial charge in [0.15, 0.2) is 0 Å². The number of rotatable bonds is 9. The molecular weight excluding hydrogens is 430 g/mol. The highest BCUT2D eigenvalue weighted by Crippen LogP contribution is 2.33. The van der Waals surface area contributed by atoms with E-state index in [4.69, 9.17) is 9.47 Å². The Kier molecular flexibility index (Phi) is 8.06. The Morgan fingerprint density at radius 3 is 2.71 bits per heavy atom. The summed E-state index contributed by atoms with van der Waals surface area (Å²) < 4.78 is 11.0.